The highest BCUT2D eigenvalue weighted by Gasteiger charge is 2.25. The zero-order valence-electron chi connectivity index (χ0n) is 10.2. The van der Waals surface area contributed by atoms with Crippen molar-refractivity contribution in [3.8, 4) is 0 Å². The van der Waals surface area contributed by atoms with E-state index in [4.69, 9.17) is 5.73 Å². The highest BCUT2D eigenvalue weighted by molar-refractivity contribution is 5.85. The number of nitrogens with zero attached hydrogens (tertiary/aromatic N) is 1. The summed E-state index contributed by atoms with van der Waals surface area (Å²) in [6.45, 7) is 1.79. The summed E-state index contributed by atoms with van der Waals surface area (Å²) in [5, 5.41) is 20.3. The van der Waals surface area contributed by atoms with Crippen LogP contribution < -0.4 is 5.73 Å². The standard InChI is InChI=1S/C11H14N2O5.ClH/c1-2-18-11(15)9(12)10(14)7-3-5-8(6-4-7)13(16)17;/h3-6,9-10,14H,2,12H2,1H3;1H. The van der Waals surface area contributed by atoms with Crippen LogP contribution in [0.15, 0.2) is 24.3 Å². The molecule has 0 aliphatic carbocycles. The minimum absolute atomic E-state index is 0. The molecule has 0 amide bonds. The summed E-state index contributed by atoms with van der Waals surface area (Å²) < 4.78 is 4.68. The van der Waals surface area contributed by atoms with E-state index in [1.165, 1.54) is 24.3 Å². The van der Waals surface area contributed by atoms with Gasteiger partial charge in [0.15, 0.2) is 0 Å². The summed E-state index contributed by atoms with van der Waals surface area (Å²) >= 11 is 0. The maximum atomic E-state index is 11.3. The number of carbonyl (C=O) groups is 1. The van der Waals surface area contributed by atoms with Gasteiger partial charge in [0.1, 0.15) is 12.1 Å². The highest BCUT2D eigenvalue weighted by atomic mass is 35.5. The molecule has 106 valence electrons. The summed E-state index contributed by atoms with van der Waals surface area (Å²) in [6, 6.07) is 3.95. The van der Waals surface area contributed by atoms with Crippen LogP contribution in [0.25, 0.3) is 0 Å². The Morgan fingerprint density at radius 1 is 1.47 bits per heavy atom. The van der Waals surface area contributed by atoms with Crippen LogP contribution >= 0.6 is 12.4 Å². The van der Waals surface area contributed by atoms with Crippen molar-refractivity contribution < 1.29 is 19.6 Å². The largest absolute Gasteiger partial charge is 0.465 e. The number of carbonyl (C=O) groups excluding carboxylic acids is 1. The molecule has 8 heteroatoms. The van der Waals surface area contributed by atoms with Crippen molar-refractivity contribution in [2.24, 2.45) is 5.73 Å². The number of rotatable bonds is 5. The first kappa shape index (κ1) is 17.3. The van der Waals surface area contributed by atoms with Gasteiger partial charge in [0.05, 0.1) is 11.5 Å². The number of nitro benzene ring substituents is 1. The molecular formula is C11H15ClN2O5. The van der Waals surface area contributed by atoms with E-state index in [1.54, 1.807) is 6.92 Å². The first-order valence-corrected chi connectivity index (χ1v) is 5.32. The van der Waals surface area contributed by atoms with Crippen LogP contribution in [0, 0.1) is 10.1 Å². The Hall–Kier alpha value is -1.70. The van der Waals surface area contributed by atoms with Crippen LogP contribution in [-0.4, -0.2) is 28.6 Å². The number of aliphatic hydroxyl groups is 1. The second-order valence-corrected chi connectivity index (χ2v) is 3.57. The molecule has 0 spiro atoms. The van der Waals surface area contributed by atoms with Gasteiger partial charge in [0, 0.05) is 12.1 Å². The number of hydrogen-bond acceptors (Lipinski definition) is 6. The number of benzene rings is 1. The van der Waals surface area contributed by atoms with Gasteiger partial charge in [-0.05, 0) is 24.6 Å². The van der Waals surface area contributed by atoms with Gasteiger partial charge < -0.3 is 15.6 Å². The van der Waals surface area contributed by atoms with E-state index in [-0.39, 0.29) is 24.7 Å². The zero-order chi connectivity index (χ0) is 13.7. The molecule has 0 radical (unpaired) electrons. The molecular weight excluding hydrogens is 276 g/mol. The van der Waals surface area contributed by atoms with Crippen LogP contribution in [0.3, 0.4) is 0 Å². The lowest BCUT2D eigenvalue weighted by Gasteiger charge is -2.17. The number of nitro groups is 1. The third-order valence-corrected chi connectivity index (χ3v) is 2.34. The lowest BCUT2D eigenvalue weighted by molar-refractivity contribution is -0.384. The van der Waals surface area contributed by atoms with Gasteiger partial charge in [-0.15, -0.1) is 12.4 Å². The van der Waals surface area contributed by atoms with Crippen LogP contribution in [0.4, 0.5) is 5.69 Å². The van der Waals surface area contributed by atoms with Gasteiger partial charge in [-0.1, -0.05) is 0 Å². The van der Waals surface area contributed by atoms with Gasteiger partial charge in [-0.25, -0.2) is 0 Å². The van der Waals surface area contributed by atoms with Gasteiger partial charge >= 0.3 is 5.97 Å². The van der Waals surface area contributed by atoms with Crippen LogP contribution in [0.2, 0.25) is 0 Å². The Morgan fingerprint density at radius 2 is 2.00 bits per heavy atom. The molecule has 0 bridgehead atoms. The smallest absolute Gasteiger partial charge is 0.325 e. The van der Waals surface area contributed by atoms with Gasteiger partial charge in [0.25, 0.3) is 5.69 Å². The fourth-order valence-corrected chi connectivity index (χ4v) is 1.37. The average molecular weight is 291 g/mol. The molecule has 0 heterocycles. The van der Waals surface area contributed by atoms with Crippen LogP contribution in [0.1, 0.15) is 18.6 Å². The van der Waals surface area contributed by atoms with Crippen LogP contribution in [0.5, 0.6) is 0 Å². The SMILES string of the molecule is CCOC(=O)C(N)C(O)c1ccc([N+](=O)[O-])cc1.Cl. The first-order chi connectivity index (χ1) is 8.47. The van der Waals surface area contributed by atoms with E-state index in [0.717, 1.165) is 0 Å². The fraction of sp³-hybridized carbons (Fsp3) is 0.364. The minimum atomic E-state index is -1.26. The molecule has 7 nitrogen and oxygen atoms in total. The second kappa shape index (κ2) is 7.67. The second-order valence-electron chi connectivity index (χ2n) is 3.57. The number of nitrogens with two attached hydrogens (primary N) is 1. The molecule has 19 heavy (non-hydrogen) atoms. The van der Waals surface area contributed by atoms with Crippen molar-refractivity contribution in [3.63, 3.8) is 0 Å². The summed E-state index contributed by atoms with van der Waals surface area (Å²) in [4.78, 5) is 21.2. The van der Waals surface area contributed by atoms with E-state index < -0.39 is 23.0 Å². The van der Waals surface area contributed by atoms with Gasteiger partial charge in [-0.3, -0.25) is 14.9 Å². The molecule has 1 rings (SSSR count). The molecule has 3 N–H and O–H groups in total. The van der Waals surface area contributed by atoms with E-state index >= 15 is 0 Å². The molecule has 2 atom stereocenters. The fourth-order valence-electron chi connectivity index (χ4n) is 1.37. The van der Waals surface area contributed by atoms with Crippen molar-refractivity contribution in [2.45, 2.75) is 19.1 Å². The summed E-state index contributed by atoms with van der Waals surface area (Å²) in [7, 11) is 0. The van der Waals surface area contributed by atoms with Crippen molar-refractivity contribution in [1.82, 2.24) is 0 Å². The monoisotopic (exact) mass is 290 g/mol. The molecule has 0 fully saturated rings. The van der Waals surface area contributed by atoms with Gasteiger partial charge in [0.2, 0.25) is 0 Å². The molecule has 0 saturated heterocycles. The van der Waals surface area contributed by atoms with Crippen molar-refractivity contribution in [2.75, 3.05) is 6.61 Å². The first-order valence-electron chi connectivity index (χ1n) is 5.32. The predicted molar refractivity (Wildman–Crippen MR) is 69.9 cm³/mol. The van der Waals surface area contributed by atoms with Gasteiger partial charge in [-0.2, -0.15) is 0 Å². The topological polar surface area (TPSA) is 116 Å². The minimum Gasteiger partial charge on any atom is -0.465 e. The zero-order valence-corrected chi connectivity index (χ0v) is 11.0. The lowest BCUT2D eigenvalue weighted by Crippen LogP contribution is -2.38. The Balaban J connectivity index is 0.00000324. The molecule has 0 aromatic heterocycles. The maximum absolute atomic E-state index is 11.3. The van der Waals surface area contributed by atoms with E-state index in [0.29, 0.717) is 5.56 Å². The van der Waals surface area contributed by atoms with Crippen molar-refractivity contribution in [1.29, 1.82) is 0 Å². The average Bonchev–Trinajstić information content (AvgIpc) is 2.37. The molecule has 1 aromatic rings. The van der Waals surface area contributed by atoms with Crippen LogP contribution in [-0.2, 0) is 9.53 Å². The molecule has 0 aliphatic rings. The quantitative estimate of drug-likeness (QED) is 0.473. The molecule has 2 unspecified atom stereocenters. The summed E-state index contributed by atoms with van der Waals surface area (Å²) in [6.07, 6.45) is -1.26. The number of hydrogen-bond donors (Lipinski definition) is 2. The highest BCUT2D eigenvalue weighted by Crippen LogP contribution is 2.20. The number of aliphatic hydroxyl groups excluding tert-OH is 1. The maximum Gasteiger partial charge on any atom is 0.325 e. The Morgan fingerprint density at radius 3 is 2.42 bits per heavy atom. The molecule has 0 saturated carbocycles. The van der Waals surface area contributed by atoms with E-state index in [1.807, 2.05) is 0 Å². The van der Waals surface area contributed by atoms with E-state index in [9.17, 15) is 20.0 Å². The number of non-ortho nitro benzene ring substituents is 1. The van der Waals surface area contributed by atoms with E-state index in [2.05, 4.69) is 4.74 Å². The Kier molecular flexibility index (Phi) is 6.99. The third-order valence-electron chi connectivity index (χ3n) is 2.34. The molecule has 0 aliphatic heterocycles. The lowest BCUT2D eigenvalue weighted by atomic mass is 10.0. The number of halogens is 1. The molecule has 1 aromatic carbocycles. The normalized spacial score (nSPS) is 13.0. The Bertz CT molecular complexity index is 437. The summed E-state index contributed by atoms with van der Waals surface area (Å²) in [5.41, 5.74) is 5.74. The summed E-state index contributed by atoms with van der Waals surface area (Å²) in [5.74, 6) is -0.719. The predicted octanol–water partition coefficient (Wildman–Crippen LogP) is 0.940. The third kappa shape index (κ3) is 4.47. The van der Waals surface area contributed by atoms with Crippen molar-refractivity contribution >= 4 is 24.1 Å². The number of ether oxygens (including phenoxy) is 1. The Labute approximate surface area is 115 Å². The number of esters is 1. The van der Waals surface area contributed by atoms with Crippen molar-refractivity contribution in [3.05, 3.63) is 39.9 Å².